The van der Waals surface area contributed by atoms with Gasteiger partial charge in [0.05, 0.1) is 22.4 Å². The van der Waals surface area contributed by atoms with Gasteiger partial charge in [0.1, 0.15) is 19.0 Å². The molecule has 1 fully saturated rings. The molecule has 0 radical (unpaired) electrons. The minimum Gasteiger partial charge on any atom is -0.474 e. The molecule has 0 spiro atoms. The Morgan fingerprint density at radius 3 is 2.77 bits per heavy atom. The number of primary sulfonamides is 1. The van der Waals surface area contributed by atoms with Gasteiger partial charge in [-0.25, -0.2) is 23.5 Å². The standard InChI is InChI=1S/C20H21N5O4S2/c21-31(26,27)16-7-5-14(6-8-16)24-20(30)25-9-10-28-15(11-25)12-29-19-17-3-1-2-4-18(17)22-13-23-19/h1-8,13,15H,9-12H2,(H,24,30)(H2,21,26,27). The van der Waals surface area contributed by atoms with Gasteiger partial charge < -0.3 is 19.7 Å². The van der Waals surface area contributed by atoms with Crippen molar-refractivity contribution in [2.75, 3.05) is 31.6 Å². The predicted octanol–water partition coefficient (Wildman–Crippen LogP) is 1.75. The molecule has 31 heavy (non-hydrogen) atoms. The highest BCUT2D eigenvalue weighted by Crippen LogP contribution is 2.21. The molecule has 9 nitrogen and oxygen atoms in total. The molecule has 2 aromatic carbocycles. The average Bonchev–Trinajstić information content (AvgIpc) is 2.77. The number of para-hydroxylation sites is 1. The minimum absolute atomic E-state index is 0.0461. The number of nitrogens with zero attached hydrogens (tertiary/aromatic N) is 3. The number of sulfonamides is 1. The van der Waals surface area contributed by atoms with E-state index >= 15 is 0 Å². The number of thiocarbonyl (C=S) groups is 1. The number of hydrogen-bond acceptors (Lipinski definition) is 7. The van der Waals surface area contributed by atoms with Gasteiger partial charge in [-0.1, -0.05) is 12.1 Å². The van der Waals surface area contributed by atoms with Gasteiger partial charge in [0, 0.05) is 18.8 Å². The zero-order chi connectivity index (χ0) is 21.8. The van der Waals surface area contributed by atoms with Crippen LogP contribution in [-0.4, -0.2) is 60.8 Å². The van der Waals surface area contributed by atoms with Crippen molar-refractivity contribution < 1.29 is 17.9 Å². The molecule has 1 aliphatic rings. The number of hydrogen-bond donors (Lipinski definition) is 2. The van der Waals surface area contributed by atoms with Crippen molar-refractivity contribution in [3.05, 3.63) is 54.9 Å². The van der Waals surface area contributed by atoms with Gasteiger partial charge in [0.2, 0.25) is 15.9 Å². The van der Waals surface area contributed by atoms with Gasteiger partial charge in [0.15, 0.2) is 5.11 Å². The van der Waals surface area contributed by atoms with Gasteiger partial charge in [-0.15, -0.1) is 0 Å². The largest absolute Gasteiger partial charge is 0.474 e. The number of rotatable bonds is 5. The van der Waals surface area contributed by atoms with Gasteiger partial charge in [-0.3, -0.25) is 0 Å². The average molecular weight is 460 g/mol. The first-order chi connectivity index (χ1) is 14.9. The van der Waals surface area contributed by atoms with Crippen LogP contribution in [0.1, 0.15) is 0 Å². The second kappa shape index (κ2) is 9.10. The van der Waals surface area contributed by atoms with Crippen molar-refractivity contribution in [1.82, 2.24) is 14.9 Å². The maximum atomic E-state index is 11.4. The monoisotopic (exact) mass is 459 g/mol. The molecule has 1 aromatic heterocycles. The van der Waals surface area contributed by atoms with E-state index in [-0.39, 0.29) is 11.0 Å². The Labute approximate surface area is 185 Å². The van der Waals surface area contributed by atoms with Crippen molar-refractivity contribution in [2.45, 2.75) is 11.0 Å². The Bertz CT molecular complexity index is 1180. The van der Waals surface area contributed by atoms with Crippen LogP contribution in [0.2, 0.25) is 0 Å². The lowest BCUT2D eigenvalue weighted by Crippen LogP contribution is -2.49. The molecule has 0 aliphatic carbocycles. The van der Waals surface area contributed by atoms with E-state index in [2.05, 4.69) is 15.3 Å². The number of ether oxygens (including phenoxy) is 2. The number of anilines is 1. The van der Waals surface area contributed by atoms with Crippen LogP contribution in [0.5, 0.6) is 5.88 Å². The maximum absolute atomic E-state index is 11.4. The zero-order valence-electron chi connectivity index (χ0n) is 16.5. The van der Waals surface area contributed by atoms with Crippen LogP contribution >= 0.6 is 12.2 Å². The maximum Gasteiger partial charge on any atom is 0.238 e. The van der Waals surface area contributed by atoms with Crippen LogP contribution < -0.4 is 15.2 Å². The van der Waals surface area contributed by atoms with Gasteiger partial charge in [-0.05, 0) is 48.6 Å². The Morgan fingerprint density at radius 2 is 2.00 bits per heavy atom. The number of benzene rings is 2. The molecule has 0 amide bonds. The first kappa shape index (κ1) is 21.4. The summed E-state index contributed by atoms with van der Waals surface area (Å²) in [5.41, 5.74) is 1.49. The van der Waals surface area contributed by atoms with E-state index in [0.29, 0.717) is 43.0 Å². The van der Waals surface area contributed by atoms with Crippen LogP contribution in [0.4, 0.5) is 5.69 Å². The molecule has 1 unspecified atom stereocenters. The third kappa shape index (κ3) is 5.25. The molecule has 3 aromatic rings. The molecular weight excluding hydrogens is 438 g/mol. The molecule has 1 aliphatic heterocycles. The highest BCUT2D eigenvalue weighted by Gasteiger charge is 2.23. The lowest BCUT2D eigenvalue weighted by Gasteiger charge is -2.34. The molecule has 11 heteroatoms. The molecule has 1 saturated heterocycles. The Balaban J connectivity index is 1.35. The van der Waals surface area contributed by atoms with E-state index in [1.54, 1.807) is 12.1 Å². The topological polar surface area (TPSA) is 120 Å². The van der Waals surface area contributed by atoms with Crippen LogP contribution in [0.15, 0.2) is 59.8 Å². The van der Waals surface area contributed by atoms with Crippen molar-refractivity contribution in [3.8, 4) is 5.88 Å². The Kier molecular flexibility index (Phi) is 6.28. The third-order valence-corrected chi connectivity index (χ3v) is 6.06. The van der Waals surface area contributed by atoms with E-state index in [1.807, 2.05) is 29.2 Å². The first-order valence-corrected chi connectivity index (χ1v) is 11.5. The van der Waals surface area contributed by atoms with E-state index in [1.165, 1.54) is 18.5 Å². The smallest absolute Gasteiger partial charge is 0.238 e. The summed E-state index contributed by atoms with van der Waals surface area (Å²) in [4.78, 5) is 10.5. The lowest BCUT2D eigenvalue weighted by atomic mass is 10.2. The van der Waals surface area contributed by atoms with E-state index in [0.717, 1.165) is 10.9 Å². The molecule has 162 valence electrons. The fourth-order valence-corrected chi connectivity index (χ4v) is 4.00. The summed E-state index contributed by atoms with van der Waals surface area (Å²) in [6, 6.07) is 13.8. The SMILES string of the molecule is NS(=O)(=O)c1ccc(NC(=S)N2CCOC(COc3ncnc4ccccc34)C2)cc1. The molecule has 1 atom stereocenters. The number of fused-ring (bicyclic) bond motifs is 1. The van der Waals surface area contributed by atoms with Crippen LogP contribution in [0, 0.1) is 0 Å². The van der Waals surface area contributed by atoms with Crippen LogP contribution in [0.25, 0.3) is 10.9 Å². The highest BCUT2D eigenvalue weighted by atomic mass is 32.2. The highest BCUT2D eigenvalue weighted by molar-refractivity contribution is 7.89. The molecule has 0 bridgehead atoms. The number of nitrogens with one attached hydrogen (secondary N) is 1. The zero-order valence-corrected chi connectivity index (χ0v) is 18.1. The fourth-order valence-electron chi connectivity index (χ4n) is 3.20. The van der Waals surface area contributed by atoms with E-state index < -0.39 is 10.0 Å². The first-order valence-electron chi connectivity index (χ1n) is 9.53. The minimum atomic E-state index is -3.73. The summed E-state index contributed by atoms with van der Waals surface area (Å²) in [6.45, 7) is 2.01. The Hall–Kier alpha value is -2.86. The summed E-state index contributed by atoms with van der Waals surface area (Å²) < 4.78 is 34.5. The second-order valence-corrected chi connectivity index (χ2v) is 8.89. The van der Waals surface area contributed by atoms with Crippen molar-refractivity contribution in [3.63, 3.8) is 0 Å². The second-order valence-electron chi connectivity index (χ2n) is 6.95. The fraction of sp³-hybridized carbons (Fsp3) is 0.250. The van der Waals surface area contributed by atoms with Crippen LogP contribution in [0.3, 0.4) is 0 Å². The van der Waals surface area contributed by atoms with E-state index in [4.69, 9.17) is 26.8 Å². The summed E-state index contributed by atoms with van der Waals surface area (Å²) in [6.07, 6.45) is 1.29. The van der Waals surface area contributed by atoms with Crippen LogP contribution in [-0.2, 0) is 14.8 Å². The molecule has 2 heterocycles. The van der Waals surface area contributed by atoms with Gasteiger partial charge in [-0.2, -0.15) is 0 Å². The van der Waals surface area contributed by atoms with Gasteiger partial charge in [0.25, 0.3) is 0 Å². The quantitative estimate of drug-likeness (QED) is 0.550. The molecule has 3 N–H and O–H groups in total. The third-order valence-electron chi connectivity index (χ3n) is 4.77. The lowest BCUT2D eigenvalue weighted by molar-refractivity contribution is -0.0284. The summed E-state index contributed by atoms with van der Waals surface area (Å²) in [5.74, 6) is 0.516. The van der Waals surface area contributed by atoms with Crippen molar-refractivity contribution in [1.29, 1.82) is 0 Å². The molecular formula is C20H21N5O4S2. The van der Waals surface area contributed by atoms with Crippen molar-refractivity contribution in [2.24, 2.45) is 5.14 Å². The molecule has 4 rings (SSSR count). The molecule has 0 saturated carbocycles. The normalized spacial score (nSPS) is 16.8. The number of morpholine rings is 1. The summed E-state index contributed by atoms with van der Waals surface area (Å²) >= 11 is 5.51. The summed E-state index contributed by atoms with van der Waals surface area (Å²) in [5, 5.41) is 9.60. The summed E-state index contributed by atoms with van der Waals surface area (Å²) in [7, 11) is -3.73. The van der Waals surface area contributed by atoms with Crippen molar-refractivity contribution >= 4 is 43.9 Å². The predicted molar refractivity (Wildman–Crippen MR) is 120 cm³/mol. The number of nitrogens with two attached hydrogens (primary N) is 1. The van der Waals surface area contributed by atoms with Gasteiger partial charge >= 0.3 is 0 Å². The Morgan fingerprint density at radius 1 is 1.23 bits per heavy atom. The van der Waals surface area contributed by atoms with E-state index in [9.17, 15) is 8.42 Å². The number of aromatic nitrogens is 2.